The minimum absolute atomic E-state index is 0.0293. The van der Waals surface area contributed by atoms with Crippen molar-refractivity contribution in [3.05, 3.63) is 65.2 Å². The quantitative estimate of drug-likeness (QED) is 0.0123. The summed E-state index contributed by atoms with van der Waals surface area (Å²) < 4.78 is 34.4. The van der Waals surface area contributed by atoms with Gasteiger partial charge in [0, 0.05) is 68.4 Å². The van der Waals surface area contributed by atoms with E-state index in [2.05, 4.69) is 42.2 Å². The van der Waals surface area contributed by atoms with Crippen LogP contribution in [0.25, 0.3) is 0 Å². The van der Waals surface area contributed by atoms with Gasteiger partial charge in [0.2, 0.25) is 65.7 Å². The van der Waals surface area contributed by atoms with Crippen molar-refractivity contribution < 1.29 is 76.4 Å². The van der Waals surface area contributed by atoms with Crippen LogP contribution < -0.4 is 89.6 Å². The molecule has 0 saturated carbocycles. The number of amides is 9. The summed E-state index contributed by atoms with van der Waals surface area (Å²) in [7, 11) is 5.98. The number of nitrogens with zero attached hydrogens (tertiary/aromatic N) is 2. The van der Waals surface area contributed by atoms with Crippen molar-refractivity contribution in [1.82, 2.24) is 31.5 Å². The second kappa shape index (κ2) is 33.5. The predicted octanol–water partition coefficient (Wildman–Crippen LogP) is 0.225. The van der Waals surface area contributed by atoms with Gasteiger partial charge in [-0.25, -0.2) is 0 Å². The number of anilines is 2. The summed E-state index contributed by atoms with van der Waals surface area (Å²) in [6.45, 7) is 3.86. The van der Waals surface area contributed by atoms with Crippen LogP contribution in [0.2, 0.25) is 0 Å². The molecule has 2 saturated heterocycles. The number of unbranched alkanes of at least 4 members (excludes halogenated alkanes) is 1. The maximum atomic E-state index is 14.1. The third-order valence-corrected chi connectivity index (χ3v) is 18.1. The number of fused-ring (bicyclic) bond motifs is 3. The van der Waals surface area contributed by atoms with Crippen LogP contribution in [-0.4, -0.2) is 173 Å². The molecule has 2 fully saturated rings. The van der Waals surface area contributed by atoms with Crippen LogP contribution in [0.15, 0.2) is 53.5 Å². The van der Waals surface area contributed by atoms with E-state index < -0.39 is 112 Å². The maximum absolute atomic E-state index is 14.1. The van der Waals surface area contributed by atoms with Crippen molar-refractivity contribution in [3.63, 3.8) is 0 Å². The first kappa shape index (κ1) is 71.3. The fourth-order valence-corrected chi connectivity index (χ4v) is 12.8. The van der Waals surface area contributed by atoms with Crippen LogP contribution in [0.3, 0.4) is 0 Å². The lowest BCUT2D eigenvalue weighted by Gasteiger charge is -2.40. The van der Waals surface area contributed by atoms with E-state index in [-0.39, 0.29) is 95.0 Å². The Bertz CT molecular complexity index is 3240. The van der Waals surface area contributed by atoms with E-state index in [4.69, 9.17) is 57.1 Å². The summed E-state index contributed by atoms with van der Waals surface area (Å²) in [5.41, 5.74) is 31.9. The molecule has 3 aromatic rings. The molecule has 1 aliphatic carbocycles. The average molecular weight is 1320 g/mol. The molecule has 3 aliphatic heterocycles. The summed E-state index contributed by atoms with van der Waals surface area (Å²) in [4.78, 5) is 139. The highest BCUT2D eigenvalue weighted by Gasteiger charge is 2.53. The van der Waals surface area contributed by atoms with Crippen LogP contribution in [0.5, 0.6) is 28.7 Å². The van der Waals surface area contributed by atoms with E-state index in [0.717, 1.165) is 33.4 Å². The van der Waals surface area contributed by atoms with Gasteiger partial charge in [-0.3, -0.25) is 57.8 Å². The Morgan fingerprint density at radius 1 is 0.742 bits per heavy atom. The molecule has 31 heteroatoms. The summed E-state index contributed by atoms with van der Waals surface area (Å²) in [5.74, 6) is -6.44. The van der Waals surface area contributed by atoms with Crippen molar-refractivity contribution in [3.8, 4) is 28.7 Å². The van der Waals surface area contributed by atoms with Gasteiger partial charge in [-0.15, -0.1) is 11.8 Å². The standard InChI is InChI=1S/C62H86N14O16S/c1-7-31(2)52(59(84)74-39(56(81)68-3)11-8-9-20-63)75-58(83)41(17-18-47(65)77)73-57(82)40(12-10-21-69-62(66)67)72-55(80)38(64)29-93-46-27-49(79)76(60(46)85)22-19-48(78)70-33-13-15-34(16-14-33)71-53-36-26-43-42(91-30-92-43)25-35(36)50(51-37(53)28-90-61(51)86)32-23-44(87-4)54(89-6)45(24-32)88-5/h13-16,23-26,31,37-41,46,50-53,71H,7-12,17-22,27-30,63-64H2,1-6H3,(H2,65,77)(H,68,81)(H,70,78)(H,72,80)(H,73,82)(H,74,84)(H,75,83)(H4,66,67,69)/t31?,37-,38-,39-,40-,41-,46?,50+,51-,52-,53+/m0/s1. The van der Waals surface area contributed by atoms with Crippen molar-refractivity contribution in [2.24, 2.45) is 51.4 Å². The zero-order valence-electron chi connectivity index (χ0n) is 53.0. The molecular formula is C62H86N14O16S. The minimum atomic E-state index is -1.45. The first-order valence-corrected chi connectivity index (χ1v) is 31.8. The maximum Gasteiger partial charge on any atom is 0.310 e. The molecule has 0 bridgehead atoms. The monoisotopic (exact) mass is 1310 g/mol. The van der Waals surface area contributed by atoms with Crippen molar-refractivity contribution >= 4 is 88.2 Å². The smallest absolute Gasteiger partial charge is 0.310 e. The Labute approximate surface area is 542 Å². The number of aliphatic imine (C=N–C) groups is 1. The van der Waals surface area contributed by atoms with Crippen LogP contribution >= 0.6 is 11.8 Å². The third-order valence-electron chi connectivity index (χ3n) is 16.8. The molecule has 4 aliphatic rings. The first-order valence-electron chi connectivity index (χ1n) is 30.8. The van der Waals surface area contributed by atoms with Gasteiger partial charge in [0.25, 0.3) is 0 Å². The highest BCUT2D eigenvalue weighted by molar-refractivity contribution is 8.00. The zero-order chi connectivity index (χ0) is 67.6. The lowest BCUT2D eigenvalue weighted by Crippen LogP contribution is -2.60. The second-order valence-electron chi connectivity index (χ2n) is 23.0. The number of thioether (sulfide) groups is 1. The van der Waals surface area contributed by atoms with Crippen molar-refractivity contribution in [2.45, 2.75) is 125 Å². The number of hydrogen-bond donors (Lipinski definition) is 12. The molecule has 17 N–H and O–H groups in total. The van der Waals surface area contributed by atoms with Gasteiger partial charge in [-0.2, -0.15) is 0 Å². The van der Waals surface area contributed by atoms with Gasteiger partial charge < -0.3 is 94.3 Å². The number of likely N-dealkylation sites (N-methyl/N-ethyl adjacent to an activating group) is 1. The van der Waals surface area contributed by atoms with Crippen LogP contribution in [0, 0.1) is 17.8 Å². The largest absolute Gasteiger partial charge is 0.493 e. The molecule has 9 amide bonds. The number of nitrogens with one attached hydrogen (secondary N) is 7. The summed E-state index contributed by atoms with van der Waals surface area (Å²) in [6.07, 6.45) is 0.793. The summed E-state index contributed by atoms with van der Waals surface area (Å²) in [6, 6.07) is 7.66. The number of rotatable bonds is 35. The number of carbonyl (C=O) groups excluding carboxylic acids is 10. The van der Waals surface area contributed by atoms with Crippen LogP contribution in [-0.2, 0) is 52.7 Å². The number of nitrogens with two attached hydrogens (primary N) is 5. The van der Waals surface area contributed by atoms with Gasteiger partial charge in [-0.1, -0.05) is 20.3 Å². The van der Waals surface area contributed by atoms with Gasteiger partial charge in [0.05, 0.1) is 51.2 Å². The molecule has 0 aromatic heterocycles. The zero-order valence-corrected chi connectivity index (χ0v) is 53.8. The van der Waals surface area contributed by atoms with Gasteiger partial charge >= 0.3 is 5.97 Å². The number of cyclic esters (lactones) is 1. The number of guanidine groups is 1. The Morgan fingerprint density at radius 2 is 1.35 bits per heavy atom. The molecule has 3 heterocycles. The van der Waals surface area contributed by atoms with Crippen molar-refractivity contribution in [2.75, 3.05) is 77.8 Å². The minimum Gasteiger partial charge on any atom is -0.493 e. The number of ether oxygens (including phenoxy) is 6. The summed E-state index contributed by atoms with van der Waals surface area (Å²) in [5, 5.41) is 18.6. The number of primary amides is 1. The molecular weight excluding hydrogens is 1230 g/mol. The number of likely N-dealkylation sites (tertiary alicyclic amines) is 1. The predicted molar refractivity (Wildman–Crippen MR) is 343 cm³/mol. The second-order valence-corrected chi connectivity index (χ2v) is 24.2. The number of benzene rings is 3. The lowest BCUT2D eigenvalue weighted by molar-refractivity contribution is -0.142. The third kappa shape index (κ3) is 18.1. The molecule has 30 nitrogen and oxygen atoms in total. The highest BCUT2D eigenvalue weighted by Crippen LogP contribution is 2.56. The number of imide groups is 1. The Balaban J connectivity index is 0.943. The molecule has 7 rings (SSSR count). The normalized spacial score (nSPS) is 19.6. The number of carbonyl (C=O) groups is 10. The number of methoxy groups -OCH3 is 3. The SMILES string of the molecule is CCC(C)[C@H](NC(=O)[C@H](CCC(N)=O)NC(=O)[C@H](CCCN=C(N)N)NC(=O)[C@@H](N)CSC1CC(=O)N(CCC(=O)Nc2ccc(N[C@@H]3c4cc5c(cc4[C@@H](c4cc(OC)c(OC)c(OC)c4)[C@H]4C(=O)OC[C@@H]43)OCO5)cc2)C1=O)C(=O)N[C@@H](CCCCN)C(=O)NC. The molecule has 0 radical (unpaired) electrons. The summed E-state index contributed by atoms with van der Waals surface area (Å²) >= 11 is 0.947. The lowest BCUT2D eigenvalue weighted by atomic mass is 9.65. The molecule has 3 aromatic carbocycles. The Kier molecular flexibility index (Phi) is 25.7. The topological polar surface area (TPSA) is 456 Å². The van der Waals surface area contributed by atoms with E-state index in [9.17, 15) is 47.9 Å². The van der Waals surface area contributed by atoms with Crippen molar-refractivity contribution in [1.29, 1.82) is 0 Å². The molecule has 11 atom stereocenters. The van der Waals surface area contributed by atoms with Gasteiger partial charge in [0.1, 0.15) is 24.2 Å². The highest BCUT2D eigenvalue weighted by atomic mass is 32.2. The number of esters is 1. The molecule has 2 unspecified atom stereocenters. The molecule has 93 heavy (non-hydrogen) atoms. The van der Waals surface area contributed by atoms with Gasteiger partial charge in [0.15, 0.2) is 29.0 Å². The Morgan fingerprint density at radius 3 is 1.98 bits per heavy atom. The fourth-order valence-electron chi connectivity index (χ4n) is 11.6. The average Bonchev–Trinajstić information content (AvgIpc) is 1.71. The van der Waals surface area contributed by atoms with E-state index in [1.54, 1.807) is 38.1 Å². The number of hydrogen-bond acceptors (Lipinski definition) is 21. The fraction of sp³-hybridized carbons (Fsp3) is 0.532. The van der Waals surface area contributed by atoms with E-state index >= 15 is 0 Å². The molecule has 506 valence electrons. The van der Waals surface area contributed by atoms with Crippen LogP contribution in [0.1, 0.15) is 107 Å². The van der Waals surface area contributed by atoms with E-state index in [1.165, 1.54) is 28.4 Å². The van der Waals surface area contributed by atoms with Crippen LogP contribution in [0.4, 0.5) is 11.4 Å². The Hall–Kier alpha value is -9.10. The van der Waals surface area contributed by atoms with E-state index in [1.807, 2.05) is 24.3 Å². The van der Waals surface area contributed by atoms with E-state index in [0.29, 0.717) is 65.9 Å². The first-order chi connectivity index (χ1) is 44.5. The molecule has 0 spiro atoms. The van der Waals surface area contributed by atoms with Gasteiger partial charge in [-0.05, 0) is 116 Å².